The topological polar surface area (TPSA) is 133 Å². The lowest BCUT2D eigenvalue weighted by molar-refractivity contribution is -0.275. The number of carbonyl (C=O) groups is 3. The lowest BCUT2D eigenvalue weighted by Crippen LogP contribution is -2.45. The number of hydrogen-bond acceptors (Lipinski definition) is 7. The zero-order chi connectivity index (χ0) is 25.8. The Morgan fingerprint density at radius 3 is 2.67 bits per heavy atom. The average Bonchev–Trinajstić information content (AvgIpc) is 3.31. The molecule has 188 valence electrons. The Balaban J connectivity index is 1.35. The second-order valence-electron chi connectivity index (χ2n) is 8.67. The van der Waals surface area contributed by atoms with Crippen LogP contribution in [0.5, 0.6) is 5.75 Å². The summed E-state index contributed by atoms with van der Waals surface area (Å²) in [6.07, 6.45) is -3.20. The number of benzene rings is 1. The molecule has 14 heteroatoms. The maximum Gasteiger partial charge on any atom is 0.573 e. The van der Waals surface area contributed by atoms with Gasteiger partial charge in [0.05, 0.1) is 17.6 Å². The number of primary amides is 1. The molecular weight excluding hydrogens is 488 g/mol. The number of likely N-dealkylation sites (tertiary alicyclic amines) is 1. The number of alkyl halides is 3. The van der Waals surface area contributed by atoms with E-state index in [4.69, 9.17) is 5.73 Å². The van der Waals surface area contributed by atoms with E-state index in [1.807, 2.05) is 0 Å². The molecule has 2 fully saturated rings. The normalized spacial score (nSPS) is 20.9. The van der Waals surface area contributed by atoms with E-state index in [1.165, 1.54) is 27.9 Å². The second-order valence-corrected chi connectivity index (χ2v) is 8.67. The van der Waals surface area contributed by atoms with Crippen LogP contribution < -0.4 is 10.5 Å². The van der Waals surface area contributed by atoms with Crippen LogP contribution in [0.25, 0.3) is 11.0 Å². The fourth-order valence-electron chi connectivity index (χ4n) is 4.73. The Morgan fingerprint density at radius 1 is 1.17 bits per heavy atom. The molecule has 1 saturated heterocycles. The fourth-order valence-corrected chi connectivity index (χ4v) is 4.73. The molecule has 0 radical (unpaired) electrons. The molecule has 10 nitrogen and oxygen atoms in total. The van der Waals surface area contributed by atoms with E-state index < -0.39 is 48.0 Å². The lowest BCUT2D eigenvalue weighted by Gasteiger charge is -2.27. The molecule has 0 bridgehead atoms. The number of carbonyl (C=O) groups excluding carboxylic acids is 3. The molecular formula is C22H18F4N6O4. The minimum atomic E-state index is -5.09. The third kappa shape index (κ3) is 4.33. The molecule has 0 unspecified atom stereocenters. The number of ketones is 1. The van der Waals surface area contributed by atoms with Gasteiger partial charge in [-0.2, -0.15) is 10.2 Å². The Bertz CT molecular complexity index is 1390. The zero-order valence-electron chi connectivity index (χ0n) is 18.4. The predicted molar refractivity (Wildman–Crippen MR) is 113 cm³/mol. The van der Waals surface area contributed by atoms with Gasteiger partial charge in [-0.05, 0) is 36.5 Å². The van der Waals surface area contributed by atoms with Gasteiger partial charge in [-0.25, -0.2) is 9.07 Å². The van der Waals surface area contributed by atoms with Crippen molar-refractivity contribution in [3.63, 3.8) is 0 Å². The molecule has 1 aromatic carbocycles. The van der Waals surface area contributed by atoms with Gasteiger partial charge in [0.15, 0.2) is 28.7 Å². The van der Waals surface area contributed by atoms with E-state index in [2.05, 4.69) is 20.0 Å². The molecule has 2 N–H and O–H groups in total. The van der Waals surface area contributed by atoms with Crippen LogP contribution in [-0.2, 0) is 22.6 Å². The van der Waals surface area contributed by atoms with Crippen LogP contribution in [0.2, 0.25) is 0 Å². The highest BCUT2D eigenvalue weighted by Crippen LogP contribution is 2.48. The van der Waals surface area contributed by atoms with Crippen LogP contribution in [0, 0.1) is 11.7 Å². The Hall–Kier alpha value is -4.10. The molecule has 2 aromatic heterocycles. The van der Waals surface area contributed by atoms with Gasteiger partial charge in [0.25, 0.3) is 5.91 Å². The standard InChI is InChI=1S/C22H18F4N6O4/c23-18-10(2-1-3-16(18)36-22(24,25)26)8-15(33)14-7-11-6-13(11)32(14)17(34)9-31-21-12(4-5-28-29-21)19(30-31)20(27)35/h1-5,11,13-14H,6-9H2,(H2,27,35)/t11-,13-,14+/m1/s1. The maximum atomic E-state index is 14.6. The third-order valence-corrected chi connectivity index (χ3v) is 6.34. The van der Waals surface area contributed by atoms with Crippen LogP contribution in [0.15, 0.2) is 30.5 Å². The number of fused-ring (bicyclic) bond motifs is 2. The van der Waals surface area contributed by atoms with Crippen molar-refractivity contribution in [1.82, 2.24) is 24.9 Å². The smallest absolute Gasteiger partial charge is 0.403 e. The van der Waals surface area contributed by atoms with Gasteiger partial charge < -0.3 is 15.4 Å². The Labute approximate surface area is 200 Å². The largest absolute Gasteiger partial charge is 0.573 e. The van der Waals surface area contributed by atoms with E-state index in [0.29, 0.717) is 18.2 Å². The van der Waals surface area contributed by atoms with E-state index in [1.54, 1.807) is 0 Å². The number of ether oxygens (including phenoxy) is 1. The van der Waals surface area contributed by atoms with Gasteiger partial charge in [-0.1, -0.05) is 12.1 Å². The highest BCUT2D eigenvalue weighted by molar-refractivity contribution is 6.03. The van der Waals surface area contributed by atoms with Crippen molar-refractivity contribution in [2.75, 3.05) is 0 Å². The summed E-state index contributed by atoms with van der Waals surface area (Å²) in [7, 11) is 0. The molecule has 0 spiro atoms. The third-order valence-electron chi connectivity index (χ3n) is 6.34. The number of Topliss-reactive ketones (excluding diaryl/α,β-unsaturated/α-hetero) is 1. The first-order chi connectivity index (χ1) is 17.0. The highest BCUT2D eigenvalue weighted by atomic mass is 19.4. The second kappa shape index (κ2) is 8.53. The van der Waals surface area contributed by atoms with Crippen molar-refractivity contribution in [3.05, 3.63) is 47.5 Å². The number of nitrogens with zero attached hydrogens (tertiary/aromatic N) is 5. The highest BCUT2D eigenvalue weighted by Gasteiger charge is 2.55. The summed E-state index contributed by atoms with van der Waals surface area (Å²) in [6.45, 7) is -0.348. The summed E-state index contributed by atoms with van der Waals surface area (Å²) < 4.78 is 57.0. The number of rotatable bonds is 7. The molecule has 1 aliphatic heterocycles. The van der Waals surface area contributed by atoms with Crippen molar-refractivity contribution >= 4 is 28.6 Å². The summed E-state index contributed by atoms with van der Waals surface area (Å²) in [5.41, 5.74) is 5.18. The molecule has 2 amide bonds. The first-order valence-corrected chi connectivity index (χ1v) is 10.9. The number of piperidine rings is 1. The monoisotopic (exact) mass is 506 g/mol. The van der Waals surface area contributed by atoms with E-state index in [0.717, 1.165) is 12.1 Å². The van der Waals surface area contributed by atoms with Crippen LogP contribution in [0.1, 0.15) is 28.9 Å². The molecule has 2 aliphatic rings. The van der Waals surface area contributed by atoms with Crippen LogP contribution in [0.3, 0.4) is 0 Å². The molecule has 1 aliphatic carbocycles. The van der Waals surface area contributed by atoms with E-state index in [-0.39, 0.29) is 35.4 Å². The summed E-state index contributed by atoms with van der Waals surface area (Å²) in [5, 5.41) is 12.1. The van der Waals surface area contributed by atoms with Crippen molar-refractivity contribution in [2.45, 2.75) is 44.3 Å². The van der Waals surface area contributed by atoms with E-state index >= 15 is 0 Å². The van der Waals surface area contributed by atoms with Crippen LogP contribution in [0.4, 0.5) is 17.6 Å². The molecule has 36 heavy (non-hydrogen) atoms. The van der Waals surface area contributed by atoms with Gasteiger partial charge in [-0.15, -0.1) is 18.3 Å². The van der Waals surface area contributed by atoms with Gasteiger partial charge in [0.1, 0.15) is 6.54 Å². The van der Waals surface area contributed by atoms with Gasteiger partial charge >= 0.3 is 6.36 Å². The van der Waals surface area contributed by atoms with Crippen LogP contribution in [-0.4, -0.2) is 60.9 Å². The summed E-state index contributed by atoms with van der Waals surface area (Å²) in [5.74, 6) is -4.02. The quantitative estimate of drug-likeness (QED) is 0.483. The van der Waals surface area contributed by atoms with Gasteiger partial charge in [0.2, 0.25) is 5.91 Å². The van der Waals surface area contributed by atoms with Crippen molar-refractivity contribution in [1.29, 1.82) is 0 Å². The van der Waals surface area contributed by atoms with Gasteiger partial charge in [-0.3, -0.25) is 14.4 Å². The lowest BCUT2D eigenvalue weighted by atomic mass is 9.99. The summed E-state index contributed by atoms with van der Waals surface area (Å²) >= 11 is 0. The molecule has 3 aromatic rings. The minimum absolute atomic E-state index is 0.0810. The molecule has 5 rings (SSSR count). The average molecular weight is 506 g/mol. The molecule has 1 saturated carbocycles. The number of aromatic nitrogens is 4. The molecule has 3 heterocycles. The van der Waals surface area contributed by atoms with Gasteiger partial charge in [0, 0.05) is 12.5 Å². The van der Waals surface area contributed by atoms with Crippen molar-refractivity contribution in [3.8, 4) is 5.75 Å². The van der Waals surface area contributed by atoms with Crippen molar-refractivity contribution in [2.24, 2.45) is 11.7 Å². The molecule has 3 atom stereocenters. The maximum absolute atomic E-state index is 14.6. The summed E-state index contributed by atoms with van der Waals surface area (Å²) in [6, 6.07) is 3.59. The fraction of sp³-hybridized carbons (Fsp3) is 0.364. The summed E-state index contributed by atoms with van der Waals surface area (Å²) in [4.78, 5) is 39.5. The first kappa shape index (κ1) is 23.6. The first-order valence-electron chi connectivity index (χ1n) is 10.9. The number of nitrogens with two attached hydrogens (primary N) is 1. The van der Waals surface area contributed by atoms with E-state index in [9.17, 15) is 31.9 Å². The number of amides is 2. The van der Waals surface area contributed by atoms with Crippen LogP contribution >= 0.6 is 0 Å². The predicted octanol–water partition coefficient (Wildman–Crippen LogP) is 1.76. The minimum Gasteiger partial charge on any atom is -0.403 e. The SMILES string of the molecule is NC(=O)c1nn(CC(=O)N2[C@@H]3C[C@@H]3C[C@H]2C(=O)Cc2cccc(OC(F)(F)F)c2F)c2nnccc12. The van der Waals surface area contributed by atoms with Crippen molar-refractivity contribution < 1.29 is 36.7 Å². The Morgan fingerprint density at radius 2 is 1.94 bits per heavy atom. The number of halogens is 4. The Kier molecular flexibility index (Phi) is 5.60. The number of hydrogen-bond donors (Lipinski definition) is 1. The zero-order valence-corrected chi connectivity index (χ0v) is 18.4.